The van der Waals surface area contributed by atoms with Crippen LogP contribution < -0.4 is 5.73 Å². The standard InChI is InChI=1S/C10H18N2O5/c11-2-1-3-12-5-4(10(16)17)7(13)9(15)8(14)6(5)12/h4-9,13-15H,1-3,11H2,(H,16,17). The Morgan fingerprint density at radius 1 is 1.12 bits per heavy atom. The van der Waals surface area contributed by atoms with Gasteiger partial charge in [-0.2, -0.15) is 0 Å². The average Bonchev–Trinajstić information content (AvgIpc) is 2.97. The summed E-state index contributed by atoms with van der Waals surface area (Å²) in [6, 6.07) is -0.770. The average molecular weight is 246 g/mol. The van der Waals surface area contributed by atoms with E-state index in [9.17, 15) is 20.1 Å². The maximum atomic E-state index is 11.1. The number of carbonyl (C=O) groups is 1. The Hall–Kier alpha value is -0.730. The first-order valence-corrected chi connectivity index (χ1v) is 5.73. The summed E-state index contributed by atoms with van der Waals surface area (Å²) >= 11 is 0. The number of aliphatic hydroxyl groups is 3. The molecule has 7 nitrogen and oxygen atoms in total. The summed E-state index contributed by atoms with van der Waals surface area (Å²) in [7, 11) is 0. The summed E-state index contributed by atoms with van der Waals surface area (Å²) in [4.78, 5) is 12.9. The first-order chi connectivity index (χ1) is 8.00. The van der Waals surface area contributed by atoms with E-state index in [1.54, 1.807) is 4.90 Å². The van der Waals surface area contributed by atoms with E-state index in [1.165, 1.54) is 0 Å². The molecule has 7 atom stereocenters. The third-order valence-corrected chi connectivity index (χ3v) is 3.72. The van der Waals surface area contributed by atoms with Gasteiger partial charge in [0.2, 0.25) is 0 Å². The van der Waals surface area contributed by atoms with Gasteiger partial charge in [-0.15, -0.1) is 0 Å². The minimum absolute atomic E-state index is 0.374. The van der Waals surface area contributed by atoms with Crippen molar-refractivity contribution in [1.29, 1.82) is 0 Å². The predicted molar refractivity (Wildman–Crippen MR) is 57.1 cm³/mol. The van der Waals surface area contributed by atoms with Crippen molar-refractivity contribution in [2.75, 3.05) is 13.1 Å². The summed E-state index contributed by atoms with van der Waals surface area (Å²) in [5.74, 6) is -2.19. The molecule has 98 valence electrons. The fraction of sp³-hybridized carbons (Fsp3) is 0.900. The molecule has 1 heterocycles. The maximum absolute atomic E-state index is 11.1. The Labute approximate surface area is 98.5 Å². The summed E-state index contributed by atoms with van der Waals surface area (Å²) in [6.07, 6.45) is -3.23. The highest BCUT2D eigenvalue weighted by molar-refractivity contribution is 5.73. The molecule has 0 spiro atoms. The molecule has 0 aromatic carbocycles. The normalized spacial score (nSPS) is 48.6. The van der Waals surface area contributed by atoms with Crippen LogP contribution in [0.1, 0.15) is 6.42 Å². The number of fused-ring (bicyclic) bond motifs is 1. The molecule has 2 rings (SSSR count). The Kier molecular flexibility index (Phi) is 3.37. The molecule has 1 saturated carbocycles. The molecule has 7 unspecified atom stereocenters. The van der Waals surface area contributed by atoms with Gasteiger partial charge < -0.3 is 26.2 Å². The zero-order chi connectivity index (χ0) is 12.7. The fourth-order valence-corrected chi connectivity index (χ4v) is 2.82. The van der Waals surface area contributed by atoms with Crippen LogP contribution >= 0.6 is 0 Å². The van der Waals surface area contributed by atoms with Crippen LogP contribution in [0.4, 0.5) is 0 Å². The highest BCUT2D eigenvalue weighted by Crippen LogP contribution is 2.44. The molecule has 1 aliphatic heterocycles. The quantitative estimate of drug-likeness (QED) is 0.339. The lowest BCUT2D eigenvalue weighted by Crippen LogP contribution is -2.53. The molecule has 0 aromatic rings. The van der Waals surface area contributed by atoms with Crippen molar-refractivity contribution in [1.82, 2.24) is 4.90 Å². The van der Waals surface area contributed by atoms with Gasteiger partial charge in [-0.1, -0.05) is 0 Å². The SMILES string of the molecule is NCCCN1C2C(O)C(O)C(O)C(C(=O)O)C21. The molecule has 2 fully saturated rings. The summed E-state index contributed by atoms with van der Waals surface area (Å²) < 4.78 is 0. The number of rotatable bonds is 4. The van der Waals surface area contributed by atoms with Crippen LogP contribution in [0.2, 0.25) is 0 Å². The lowest BCUT2D eigenvalue weighted by Gasteiger charge is -2.30. The van der Waals surface area contributed by atoms with Gasteiger partial charge in [0, 0.05) is 12.6 Å². The summed E-state index contributed by atoms with van der Waals surface area (Å²) in [6.45, 7) is 1.06. The third-order valence-electron chi connectivity index (χ3n) is 3.72. The van der Waals surface area contributed by atoms with Crippen molar-refractivity contribution in [2.45, 2.75) is 36.8 Å². The van der Waals surface area contributed by atoms with Crippen LogP contribution in [-0.2, 0) is 4.79 Å². The first-order valence-electron chi connectivity index (χ1n) is 5.73. The molecular weight excluding hydrogens is 228 g/mol. The minimum atomic E-state index is -1.42. The molecule has 0 bridgehead atoms. The van der Waals surface area contributed by atoms with Gasteiger partial charge in [-0.05, 0) is 13.0 Å². The number of carboxylic acid groups (broad SMARTS) is 1. The van der Waals surface area contributed by atoms with Gasteiger partial charge in [-0.3, -0.25) is 9.69 Å². The number of nitrogens with zero attached hydrogens (tertiary/aromatic N) is 1. The molecule has 0 amide bonds. The largest absolute Gasteiger partial charge is 0.481 e. The molecule has 7 heteroatoms. The Balaban J connectivity index is 2.12. The van der Waals surface area contributed by atoms with E-state index in [-0.39, 0.29) is 6.04 Å². The van der Waals surface area contributed by atoms with E-state index in [0.29, 0.717) is 19.5 Å². The van der Waals surface area contributed by atoms with Crippen LogP contribution in [0.5, 0.6) is 0 Å². The molecule has 1 saturated heterocycles. The van der Waals surface area contributed by atoms with Crippen LogP contribution in [0.15, 0.2) is 0 Å². The van der Waals surface area contributed by atoms with E-state index < -0.39 is 36.2 Å². The van der Waals surface area contributed by atoms with E-state index in [0.717, 1.165) is 0 Å². The number of carboxylic acids is 1. The second kappa shape index (κ2) is 4.51. The van der Waals surface area contributed by atoms with Crippen molar-refractivity contribution in [3.8, 4) is 0 Å². The molecule has 17 heavy (non-hydrogen) atoms. The monoisotopic (exact) mass is 246 g/mol. The molecule has 1 aliphatic carbocycles. The number of hydrogen-bond acceptors (Lipinski definition) is 6. The number of aliphatic hydroxyl groups excluding tert-OH is 3. The molecular formula is C10H18N2O5. The van der Waals surface area contributed by atoms with Gasteiger partial charge in [0.05, 0.1) is 18.2 Å². The molecule has 0 aromatic heterocycles. The van der Waals surface area contributed by atoms with Crippen LogP contribution in [0.25, 0.3) is 0 Å². The zero-order valence-electron chi connectivity index (χ0n) is 9.31. The van der Waals surface area contributed by atoms with Crippen LogP contribution in [0, 0.1) is 5.92 Å². The van der Waals surface area contributed by atoms with Crippen molar-refractivity contribution in [3.05, 3.63) is 0 Å². The van der Waals surface area contributed by atoms with Gasteiger partial charge in [0.15, 0.2) is 0 Å². The topological polar surface area (TPSA) is 127 Å². The maximum Gasteiger partial charge on any atom is 0.310 e. The zero-order valence-corrected chi connectivity index (χ0v) is 9.31. The highest BCUT2D eigenvalue weighted by Gasteiger charge is 2.65. The van der Waals surface area contributed by atoms with E-state index in [4.69, 9.17) is 10.8 Å². The van der Waals surface area contributed by atoms with E-state index >= 15 is 0 Å². The number of hydrogen-bond donors (Lipinski definition) is 5. The number of aliphatic carboxylic acids is 1. The summed E-state index contributed by atoms with van der Waals surface area (Å²) in [5.41, 5.74) is 5.37. The smallest absolute Gasteiger partial charge is 0.310 e. The van der Waals surface area contributed by atoms with Crippen LogP contribution in [-0.4, -0.2) is 74.8 Å². The first kappa shape index (κ1) is 12.7. The van der Waals surface area contributed by atoms with Gasteiger partial charge in [0.25, 0.3) is 0 Å². The molecule has 2 aliphatic rings. The van der Waals surface area contributed by atoms with Crippen molar-refractivity contribution in [3.63, 3.8) is 0 Å². The number of likely N-dealkylation sites (tertiary alicyclic amines) is 1. The highest BCUT2D eigenvalue weighted by atomic mass is 16.4. The minimum Gasteiger partial charge on any atom is -0.481 e. The second-order valence-corrected chi connectivity index (χ2v) is 4.70. The van der Waals surface area contributed by atoms with Gasteiger partial charge in [-0.25, -0.2) is 0 Å². The molecule has 0 radical (unpaired) electrons. The van der Waals surface area contributed by atoms with Crippen molar-refractivity contribution >= 4 is 5.97 Å². The molecule has 6 N–H and O–H groups in total. The van der Waals surface area contributed by atoms with Gasteiger partial charge in [0.1, 0.15) is 12.0 Å². The van der Waals surface area contributed by atoms with Gasteiger partial charge >= 0.3 is 5.97 Å². The Bertz CT molecular complexity index is 313. The van der Waals surface area contributed by atoms with Crippen molar-refractivity contribution in [2.24, 2.45) is 11.7 Å². The lowest BCUT2D eigenvalue weighted by molar-refractivity contribution is -0.156. The predicted octanol–water partition coefficient (Wildman–Crippen LogP) is -2.81. The van der Waals surface area contributed by atoms with Crippen molar-refractivity contribution < 1.29 is 25.2 Å². The number of nitrogens with two attached hydrogens (primary N) is 1. The lowest BCUT2D eigenvalue weighted by atomic mass is 9.83. The van der Waals surface area contributed by atoms with E-state index in [2.05, 4.69) is 0 Å². The fourth-order valence-electron chi connectivity index (χ4n) is 2.82. The van der Waals surface area contributed by atoms with Crippen LogP contribution in [0.3, 0.4) is 0 Å². The Morgan fingerprint density at radius 3 is 2.29 bits per heavy atom. The third kappa shape index (κ3) is 1.94. The second-order valence-electron chi connectivity index (χ2n) is 4.70. The van der Waals surface area contributed by atoms with E-state index in [1.807, 2.05) is 0 Å². The Morgan fingerprint density at radius 2 is 1.76 bits per heavy atom. The summed E-state index contributed by atoms with van der Waals surface area (Å²) in [5, 5.41) is 38.1.